The van der Waals surface area contributed by atoms with E-state index in [9.17, 15) is 0 Å². The molecule has 0 fully saturated rings. The molecule has 0 spiro atoms. The Bertz CT molecular complexity index is 650. The summed E-state index contributed by atoms with van der Waals surface area (Å²) in [7, 11) is 0. The van der Waals surface area contributed by atoms with Crippen molar-refractivity contribution in [1.29, 1.82) is 0 Å². The number of allylic oxidation sites excluding steroid dienone is 4. The number of hydrogen-bond acceptors (Lipinski definition) is 1. The number of benzene rings is 2. The topological polar surface area (TPSA) is 9.23 Å². The molecule has 0 aliphatic heterocycles. The monoisotopic (exact) mass is 339 g/mol. The van der Waals surface area contributed by atoms with Crippen LogP contribution in [0.4, 0.5) is 0 Å². The van der Waals surface area contributed by atoms with E-state index < -0.39 is 0 Å². The number of rotatable bonds is 3. The molecule has 0 heterocycles. The summed E-state index contributed by atoms with van der Waals surface area (Å²) in [5.41, 5.74) is 4.00. The third-order valence-corrected chi connectivity index (χ3v) is 3.60. The van der Waals surface area contributed by atoms with Crippen LogP contribution in [0.1, 0.15) is 17.5 Å². The molecule has 0 saturated heterocycles. The van der Waals surface area contributed by atoms with E-state index in [-0.39, 0.29) is 24.8 Å². The molecule has 0 amide bonds. The van der Waals surface area contributed by atoms with Crippen molar-refractivity contribution in [3.63, 3.8) is 0 Å². The van der Waals surface area contributed by atoms with E-state index in [1.807, 2.05) is 0 Å². The SMILES string of the molecule is [Cl-].[Cl-].[Ti+2][O]Cc1c(C2=CC=CC2)ccc2ccccc12. The second-order valence-corrected chi connectivity index (χ2v) is 4.88. The first-order valence-corrected chi connectivity index (χ1v) is 6.69. The Hall–Kier alpha value is -0.566. The fraction of sp³-hybridized carbons (Fsp3) is 0.125. The van der Waals surface area contributed by atoms with Crippen molar-refractivity contribution in [3.05, 3.63) is 65.8 Å². The van der Waals surface area contributed by atoms with E-state index >= 15 is 0 Å². The van der Waals surface area contributed by atoms with Gasteiger partial charge in [0, 0.05) is 0 Å². The zero-order chi connectivity index (χ0) is 12.4. The number of hydrogen-bond donors (Lipinski definition) is 0. The Labute approximate surface area is 143 Å². The first-order chi connectivity index (χ1) is 8.90. The van der Waals surface area contributed by atoms with Crippen LogP contribution in [0.5, 0.6) is 0 Å². The van der Waals surface area contributed by atoms with Crippen LogP contribution in [0.25, 0.3) is 16.3 Å². The molecule has 0 saturated carbocycles. The van der Waals surface area contributed by atoms with Crippen molar-refractivity contribution in [2.24, 2.45) is 0 Å². The molecule has 2 aromatic carbocycles. The predicted octanol–water partition coefficient (Wildman–Crippen LogP) is -1.83. The Morgan fingerprint density at radius 3 is 2.55 bits per heavy atom. The Balaban J connectivity index is 0.000001000. The zero-order valence-corrected chi connectivity index (χ0v) is 13.8. The van der Waals surface area contributed by atoms with Crippen LogP contribution in [-0.4, -0.2) is 0 Å². The molecule has 2 aromatic rings. The van der Waals surface area contributed by atoms with Crippen LogP contribution < -0.4 is 24.8 Å². The molecule has 0 N–H and O–H groups in total. The summed E-state index contributed by atoms with van der Waals surface area (Å²) in [4.78, 5) is 0. The average Bonchev–Trinajstić information content (AvgIpc) is 2.93. The quantitative estimate of drug-likeness (QED) is 0.598. The van der Waals surface area contributed by atoms with Crippen molar-refractivity contribution in [1.82, 2.24) is 0 Å². The molecule has 0 aromatic heterocycles. The van der Waals surface area contributed by atoms with Gasteiger partial charge in [-0.1, -0.05) is 0 Å². The van der Waals surface area contributed by atoms with Gasteiger partial charge in [0.2, 0.25) is 0 Å². The minimum absolute atomic E-state index is 0. The second-order valence-electron chi connectivity index (χ2n) is 4.43. The van der Waals surface area contributed by atoms with Crippen LogP contribution in [0.3, 0.4) is 0 Å². The van der Waals surface area contributed by atoms with Crippen molar-refractivity contribution in [2.75, 3.05) is 0 Å². The summed E-state index contributed by atoms with van der Waals surface area (Å²) in [5, 5.41) is 2.57. The first kappa shape index (κ1) is 17.5. The molecule has 1 aliphatic carbocycles. The summed E-state index contributed by atoms with van der Waals surface area (Å²) in [6, 6.07) is 12.9. The molecule has 0 bridgehead atoms. The third kappa shape index (κ3) is 3.36. The fourth-order valence-electron chi connectivity index (χ4n) is 2.51. The number of halogens is 2. The van der Waals surface area contributed by atoms with Crippen LogP contribution in [0.15, 0.2) is 54.6 Å². The molecule has 3 rings (SSSR count). The first-order valence-electron chi connectivity index (χ1n) is 6.05. The molecule has 0 unspecified atom stereocenters. The Morgan fingerprint density at radius 1 is 1.05 bits per heavy atom. The van der Waals surface area contributed by atoms with Gasteiger partial charge in [-0.15, -0.1) is 0 Å². The van der Waals surface area contributed by atoms with Gasteiger partial charge in [-0.25, -0.2) is 0 Å². The Kier molecular flexibility index (Phi) is 7.01. The maximum atomic E-state index is 5.39. The van der Waals surface area contributed by atoms with Crippen molar-refractivity contribution >= 4 is 16.3 Å². The molecular formula is C16H13Cl2OTi. The molecule has 4 heteroatoms. The second kappa shape index (κ2) is 8.02. The normalized spacial score (nSPS) is 12.8. The van der Waals surface area contributed by atoms with Gasteiger partial charge in [-0.3, -0.25) is 0 Å². The summed E-state index contributed by atoms with van der Waals surface area (Å²) >= 11 is 1.76. The van der Waals surface area contributed by atoms with Crippen molar-refractivity contribution in [3.8, 4) is 0 Å². The summed E-state index contributed by atoms with van der Waals surface area (Å²) in [6.07, 6.45) is 7.54. The van der Waals surface area contributed by atoms with E-state index in [1.54, 1.807) is 20.8 Å². The summed E-state index contributed by atoms with van der Waals surface area (Å²) in [5.74, 6) is 0. The Morgan fingerprint density at radius 2 is 1.85 bits per heavy atom. The van der Waals surface area contributed by atoms with Crippen LogP contribution >= 0.6 is 0 Å². The molecule has 0 atom stereocenters. The fourth-order valence-corrected chi connectivity index (χ4v) is 2.74. The van der Waals surface area contributed by atoms with Crippen LogP contribution in [0, 0.1) is 0 Å². The van der Waals surface area contributed by atoms with Gasteiger partial charge in [0.1, 0.15) is 0 Å². The molecule has 1 aliphatic rings. The van der Waals surface area contributed by atoms with E-state index in [4.69, 9.17) is 3.32 Å². The minimum atomic E-state index is 0. The van der Waals surface area contributed by atoms with E-state index in [0.29, 0.717) is 6.61 Å². The molecule has 101 valence electrons. The van der Waals surface area contributed by atoms with E-state index in [2.05, 4.69) is 54.6 Å². The summed E-state index contributed by atoms with van der Waals surface area (Å²) < 4.78 is 5.39. The molecule has 20 heavy (non-hydrogen) atoms. The van der Waals surface area contributed by atoms with Gasteiger partial charge >= 0.3 is 119 Å². The van der Waals surface area contributed by atoms with Crippen LogP contribution in [-0.2, 0) is 30.7 Å². The predicted molar refractivity (Wildman–Crippen MR) is 70.5 cm³/mol. The average molecular weight is 340 g/mol. The maximum absolute atomic E-state index is 5.39. The molecular weight excluding hydrogens is 327 g/mol. The van der Waals surface area contributed by atoms with Gasteiger partial charge in [-0.05, 0) is 0 Å². The molecule has 1 nitrogen and oxygen atoms in total. The third-order valence-electron chi connectivity index (χ3n) is 3.37. The van der Waals surface area contributed by atoms with Gasteiger partial charge in [-0.2, -0.15) is 0 Å². The standard InChI is InChI=1S/C16H13O.2ClH.Ti/c17-11-16-14-8-4-3-7-13(14)9-10-15(16)12-5-1-2-6-12;;;/h1-5,7-10H,6,11H2;2*1H;/q-1;;;+3/p-2. The van der Waals surface area contributed by atoms with E-state index in [0.717, 1.165) is 6.42 Å². The van der Waals surface area contributed by atoms with Gasteiger partial charge in [0.15, 0.2) is 0 Å². The zero-order valence-electron chi connectivity index (χ0n) is 10.8. The summed E-state index contributed by atoms with van der Waals surface area (Å²) in [6.45, 7) is 0.661. The number of fused-ring (bicyclic) bond motifs is 1. The van der Waals surface area contributed by atoms with Gasteiger partial charge < -0.3 is 24.8 Å². The van der Waals surface area contributed by atoms with Crippen LogP contribution in [0.2, 0.25) is 0 Å². The van der Waals surface area contributed by atoms with Crippen molar-refractivity contribution in [2.45, 2.75) is 13.0 Å². The molecule has 0 radical (unpaired) electrons. The van der Waals surface area contributed by atoms with E-state index in [1.165, 1.54) is 27.5 Å². The van der Waals surface area contributed by atoms with Crippen molar-refractivity contribution < 1.29 is 49.0 Å². The van der Waals surface area contributed by atoms with Gasteiger partial charge in [0.05, 0.1) is 0 Å². The van der Waals surface area contributed by atoms with Gasteiger partial charge in [0.25, 0.3) is 0 Å².